The fourth-order valence-corrected chi connectivity index (χ4v) is 3.71. The third-order valence-electron chi connectivity index (χ3n) is 5.08. The number of rotatable bonds is 9. The van der Waals surface area contributed by atoms with Crippen LogP contribution in [0.4, 0.5) is 0 Å². The van der Waals surface area contributed by atoms with Crippen molar-refractivity contribution in [3.05, 3.63) is 15.9 Å². The maximum absolute atomic E-state index is 4.76. The molecule has 21 heavy (non-hydrogen) atoms. The van der Waals surface area contributed by atoms with Crippen LogP contribution in [0.3, 0.4) is 0 Å². The largest absolute Gasteiger partial charge is 0.313 e. The molecule has 2 rings (SSSR count). The first-order valence-electron chi connectivity index (χ1n) is 8.56. The highest BCUT2D eigenvalue weighted by molar-refractivity contribution is 9.10. The average molecular weight is 356 g/mol. The molecule has 120 valence electrons. The molecule has 1 N–H and O–H groups in total. The number of hydrogen-bond acceptors (Lipinski definition) is 2. The Morgan fingerprint density at radius 3 is 2.38 bits per heavy atom. The standard InChI is InChI=1S/C17H30BrN3/c1-5-14-16(18)15(21(8-4)20-14)11-17(6-2,7-3)12-19-13-9-10-13/h13,19H,5-12H2,1-4H3. The van der Waals surface area contributed by atoms with E-state index in [1.54, 1.807) is 0 Å². The third-order valence-corrected chi connectivity index (χ3v) is 6.00. The van der Waals surface area contributed by atoms with Gasteiger partial charge in [0.05, 0.1) is 15.9 Å². The van der Waals surface area contributed by atoms with Crippen LogP contribution < -0.4 is 5.32 Å². The number of halogens is 1. The van der Waals surface area contributed by atoms with E-state index < -0.39 is 0 Å². The molecule has 0 saturated heterocycles. The molecule has 0 atom stereocenters. The summed E-state index contributed by atoms with van der Waals surface area (Å²) in [5.41, 5.74) is 2.93. The van der Waals surface area contributed by atoms with E-state index in [9.17, 15) is 0 Å². The van der Waals surface area contributed by atoms with E-state index in [0.717, 1.165) is 32.0 Å². The highest BCUT2D eigenvalue weighted by Crippen LogP contribution is 2.35. The molecule has 0 radical (unpaired) electrons. The SMILES string of the molecule is CCc1nn(CC)c(CC(CC)(CC)CNC2CC2)c1Br. The van der Waals surface area contributed by atoms with Gasteiger partial charge in [-0.15, -0.1) is 0 Å². The molecule has 0 bridgehead atoms. The Kier molecular flexibility index (Phi) is 5.89. The molecule has 0 spiro atoms. The molecule has 4 heteroatoms. The summed E-state index contributed by atoms with van der Waals surface area (Å²) >= 11 is 3.80. The quantitative estimate of drug-likeness (QED) is 0.714. The Hall–Kier alpha value is -0.350. The van der Waals surface area contributed by atoms with Crippen LogP contribution in [0.2, 0.25) is 0 Å². The maximum Gasteiger partial charge on any atom is 0.0766 e. The number of aromatic nitrogens is 2. The smallest absolute Gasteiger partial charge is 0.0766 e. The molecule has 3 nitrogen and oxygen atoms in total. The Morgan fingerprint density at radius 1 is 1.24 bits per heavy atom. The summed E-state index contributed by atoms with van der Waals surface area (Å²) < 4.78 is 3.43. The molecule has 1 saturated carbocycles. The molecule has 1 heterocycles. The summed E-state index contributed by atoms with van der Waals surface area (Å²) in [6.45, 7) is 11.1. The lowest BCUT2D eigenvalue weighted by Gasteiger charge is -2.32. The van der Waals surface area contributed by atoms with Gasteiger partial charge in [0.15, 0.2) is 0 Å². The monoisotopic (exact) mass is 355 g/mol. The molecular weight excluding hydrogens is 326 g/mol. The van der Waals surface area contributed by atoms with Gasteiger partial charge in [0.1, 0.15) is 0 Å². The van der Waals surface area contributed by atoms with Crippen molar-refractivity contribution in [1.29, 1.82) is 0 Å². The Bertz CT molecular complexity index is 459. The fourth-order valence-electron chi connectivity index (χ4n) is 3.00. The molecule has 1 fully saturated rings. The lowest BCUT2D eigenvalue weighted by Crippen LogP contribution is -2.37. The van der Waals surface area contributed by atoms with Gasteiger partial charge in [0, 0.05) is 19.1 Å². The number of aryl methyl sites for hydroxylation is 2. The summed E-state index contributed by atoms with van der Waals surface area (Å²) in [5, 5.41) is 8.51. The van der Waals surface area contributed by atoms with Crippen LogP contribution in [-0.2, 0) is 19.4 Å². The fraction of sp³-hybridized carbons (Fsp3) is 0.824. The van der Waals surface area contributed by atoms with Crippen molar-refractivity contribution >= 4 is 15.9 Å². The van der Waals surface area contributed by atoms with E-state index in [1.165, 1.54) is 41.5 Å². The number of nitrogens with one attached hydrogen (secondary N) is 1. The van der Waals surface area contributed by atoms with Gasteiger partial charge in [-0.1, -0.05) is 20.8 Å². The normalized spacial score (nSPS) is 15.7. The van der Waals surface area contributed by atoms with Crippen molar-refractivity contribution in [3.63, 3.8) is 0 Å². The lowest BCUT2D eigenvalue weighted by atomic mass is 9.78. The van der Waals surface area contributed by atoms with Gasteiger partial charge >= 0.3 is 0 Å². The summed E-state index contributed by atoms with van der Waals surface area (Å²) in [4.78, 5) is 0. The zero-order chi connectivity index (χ0) is 15.5. The van der Waals surface area contributed by atoms with Crippen LogP contribution in [0.5, 0.6) is 0 Å². The zero-order valence-corrected chi connectivity index (χ0v) is 15.6. The Morgan fingerprint density at radius 2 is 1.90 bits per heavy atom. The van der Waals surface area contributed by atoms with Crippen LogP contribution >= 0.6 is 15.9 Å². The first-order valence-corrected chi connectivity index (χ1v) is 9.35. The van der Waals surface area contributed by atoms with Crippen molar-refractivity contribution in [2.45, 2.75) is 78.8 Å². The van der Waals surface area contributed by atoms with E-state index in [2.05, 4.69) is 53.6 Å². The zero-order valence-electron chi connectivity index (χ0n) is 14.0. The molecule has 1 aromatic heterocycles. The first-order chi connectivity index (χ1) is 10.1. The second-order valence-electron chi connectivity index (χ2n) is 6.42. The van der Waals surface area contributed by atoms with E-state index in [1.807, 2.05) is 0 Å². The second kappa shape index (κ2) is 7.28. The number of hydrogen-bond donors (Lipinski definition) is 1. The molecule has 1 aromatic rings. The van der Waals surface area contributed by atoms with Gasteiger partial charge in [-0.25, -0.2) is 0 Å². The van der Waals surface area contributed by atoms with Crippen molar-refractivity contribution in [2.24, 2.45) is 5.41 Å². The summed E-state index contributed by atoms with van der Waals surface area (Å²) in [6, 6.07) is 0.785. The van der Waals surface area contributed by atoms with E-state index in [0.29, 0.717) is 5.41 Å². The average Bonchev–Trinajstić information content (AvgIpc) is 3.29. The maximum atomic E-state index is 4.76. The predicted octanol–water partition coefficient (Wildman–Crippen LogP) is 4.33. The van der Waals surface area contributed by atoms with Crippen LogP contribution in [0.15, 0.2) is 4.47 Å². The van der Waals surface area contributed by atoms with Gasteiger partial charge in [-0.05, 0) is 66.8 Å². The highest BCUT2D eigenvalue weighted by Gasteiger charge is 2.32. The Labute approximate surface area is 138 Å². The van der Waals surface area contributed by atoms with Gasteiger partial charge < -0.3 is 5.32 Å². The molecule has 0 amide bonds. The molecule has 1 aliphatic rings. The topological polar surface area (TPSA) is 29.9 Å². The van der Waals surface area contributed by atoms with Gasteiger partial charge in [-0.3, -0.25) is 4.68 Å². The Balaban J connectivity index is 2.20. The van der Waals surface area contributed by atoms with Crippen molar-refractivity contribution in [3.8, 4) is 0 Å². The van der Waals surface area contributed by atoms with E-state index >= 15 is 0 Å². The minimum absolute atomic E-state index is 0.350. The van der Waals surface area contributed by atoms with Crippen molar-refractivity contribution in [1.82, 2.24) is 15.1 Å². The van der Waals surface area contributed by atoms with Gasteiger partial charge in [0.2, 0.25) is 0 Å². The van der Waals surface area contributed by atoms with Gasteiger partial charge in [-0.2, -0.15) is 5.10 Å². The summed E-state index contributed by atoms with van der Waals surface area (Å²) in [7, 11) is 0. The minimum Gasteiger partial charge on any atom is -0.313 e. The molecular formula is C17H30BrN3. The lowest BCUT2D eigenvalue weighted by molar-refractivity contribution is 0.239. The van der Waals surface area contributed by atoms with E-state index in [4.69, 9.17) is 5.10 Å². The highest BCUT2D eigenvalue weighted by atomic mass is 79.9. The van der Waals surface area contributed by atoms with Crippen LogP contribution in [0.25, 0.3) is 0 Å². The van der Waals surface area contributed by atoms with E-state index in [-0.39, 0.29) is 0 Å². The third kappa shape index (κ3) is 3.89. The predicted molar refractivity (Wildman–Crippen MR) is 92.7 cm³/mol. The molecule has 0 aromatic carbocycles. The van der Waals surface area contributed by atoms with Crippen LogP contribution in [0, 0.1) is 5.41 Å². The molecule has 0 unspecified atom stereocenters. The summed E-state index contributed by atoms with van der Waals surface area (Å²) in [6.07, 6.45) is 7.26. The van der Waals surface area contributed by atoms with Crippen LogP contribution in [0.1, 0.15) is 64.8 Å². The number of nitrogens with zero attached hydrogens (tertiary/aromatic N) is 2. The molecule has 0 aliphatic heterocycles. The van der Waals surface area contributed by atoms with Crippen LogP contribution in [-0.4, -0.2) is 22.4 Å². The summed E-state index contributed by atoms with van der Waals surface area (Å²) in [5.74, 6) is 0. The van der Waals surface area contributed by atoms with Crippen molar-refractivity contribution < 1.29 is 0 Å². The minimum atomic E-state index is 0.350. The first kappa shape index (κ1) is 17.0. The van der Waals surface area contributed by atoms with Gasteiger partial charge in [0.25, 0.3) is 0 Å². The second-order valence-corrected chi connectivity index (χ2v) is 7.21. The molecule has 1 aliphatic carbocycles. The van der Waals surface area contributed by atoms with Crippen molar-refractivity contribution in [2.75, 3.05) is 6.54 Å².